The molecular weight excluding hydrogens is 228 g/mol. The maximum Gasteiger partial charge on any atom is 0.242 e. The van der Waals surface area contributed by atoms with Crippen molar-refractivity contribution in [3.63, 3.8) is 0 Å². The van der Waals surface area contributed by atoms with Crippen molar-refractivity contribution >= 4 is 11.6 Å². The van der Waals surface area contributed by atoms with Crippen LogP contribution in [0.1, 0.15) is 18.9 Å². The molecule has 98 valence electrons. The van der Waals surface area contributed by atoms with Crippen molar-refractivity contribution in [3.05, 3.63) is 29.8 Å². The normalized spacial score (nSPS) is 17.1. The minimum absolute atomic E-state index is 0.0719. The van der Waals surface area contributed by atoms with Crippen LogP contribution in [0.4, 0.5) is 5.69 Å². The maximum absolute atomic E-state index is 11.9. The van der Waals surface area contributed by atoms with E-state index in [-0.39, 0.29) is 11.9 Å². The van der Waals surface area contributed by atoms with E-state index in [1.807, 2.05) is 25.1 Å². The number of carbonyl (C=O) groups is 1. The highest BCUT2D eigenvalue weighted by atomic mass is 16.5. The van der Waals surface area contributed by atoms with E-state index in [1.165, 1.54) is 5.56 Å². The number of rotatable bonds is 6. The van der Waals surface area contributed by atoms with Gasteiger partial charge in [-0.15, -0.1) is 0 Å². The van der Waals surface area contributed by atoms with Gasteiger partial charge in [-0.1, -0.05) is 18.2 Å². The lowest BCUT2D eigenvalue weighted by molar-refractivity contribution is -0.121. The van der Waals surface area contributed by atoms with E-state index in [1.54, 1.807) is 0 Å². The number of amides is 1. The smallest absolute Gasteiger partial charge is 0.242 e. The van der Waals surface area contributed by atoms with E-state index in [9.17, 15) is 4.79 Å². The molecule has 1 aromatic rings. The number of fused-ring (bicyclic) bond motifs is 1. The van der Waals surface area contributed by atoms with Gasteiger partial charge >= 0.3 is 0 Å². The molecule has 2 rings (SSSR count). The molecule has 0 saturated carbocycles. The number of hydrogen-bond acceptors (Lipinski definition) is 3. The third kappa shape index (κ3) is 3.23. The van der Waals surface area contributed by atoms with Gasteiger partial charge in [-0.25, -0.2) is 0 Å². The van der Waals surface area contributed by atoms with Crippen LogP contribution in [0, 0.1) is 0 Å². The van der Waals surface area contributed by atoms with Gasteiger partial charge < -0.3 is 15.4 Å². The molecule has 1 atom stereocenters. The van der Waals surface area contributed by atoms with E-state index < -0.39 is 0 Å². The molecule has 4 nitrogen and oxygen atoms in total. The molecule has 1 heterocycles. The summed E-state index contributed by atoms with van der Waals surface area (Å²) in [5.74, 6) is 0.0719. The number of carbonyl (C=O) groups excluding carboxylic acids is 1. The van der Waals surface area contributed by atoms with Gasteiger partial charge in [0.1, 0.15) is 6.04 Å². The van der Waals surface area contributed by atoms with Crippen LogP contribution in [0.15, 0.2) is 24.3 Å². The Labute approximate surface area is 108 Å². The van der Waals surface area contributed by atoms with Crippen molar-refractivity contribution in [1.29, 1.82) is 0 Å². The Morgan fingerprint density at radius 2 is 2.33 bits per heavy atom. The number of benzene rings is 1. The van der Waals surface area contributed by atoms with E-state index in [4.69, 9.17) is 4.74 Å². The predicted molar refractivity (Wildman–Crippen MR) is 71.7 cm³/mol. The molecule has 0 unspecified atom stereocenters. The van der Waals surface area contributed by atoms with Crippen molar-refractivity contribution in [2.24, 2.45) is 0 Å². The van der Waals surface area contributed by atoms with E-state index in [0.717, 1.165) is 25.1 Å². The summed E-state index contributed by atoms with van der Waals surface area (Å²) >= 11 is 0. The van der Waals surface area contributed by atoms with Crippen LogP contribution in [0.5, 0.6) is 0 Å². The van der Waals surface area contributed by atoms with Crippen LogP contribution in [0.3, 0.4) is 0 Å². The largest absolute Gasteiger partial charge is 0.382 e. The molecule has 4 heteroatoms. The van der Waals surface area contributed by atoms with Gasteiger partial charge in [-0.05, 0) is 25.0 Å². The number of hydrogen-bond donors (Lipinski definition) is 2. The maximum atomic E-state index is 11.9. The zero-order valence-corrected chi connectivity index (χ0v) is 10.7. The highest BCUT2D eigenvalue weighted by Crippen LogP contribution is 2.24. The second-order valence-electron chi connectivity index (χ2n) is 4.40. The highest BCUT2D eigenvalue weighted by molar-refractivity contribution is 5.87. The topological polar surface area (TPSA) is 50.4 Å². The van der Waals surface area contributed by atoms with Crippen molar-refractivity contribution in [3.8, 4) is 0 Å². The van der Waals surface area contributed by atoms with Crippen LogP contribution in [-0.2, 0) is 16.0 Å². The fourth-order valence-electron chi connectivity index (χ4n) is 2.11. The highest BCUT2D eigenvalue weighted by Gasteiger charge is 2.25. The lowest BCUT2D eigenvalue weighted by atomic mass is 10.1. The van der Waals surface area contributed by atoms with Crippen molar-refractivity contribution < 1.29 is 9.53 Å². The van der Waals surface area contributed by atoms with Crippen molar-refractivity contribution in [2.75, 3.05) is 25.1 Å². The molecule has 0 radical (unpaired) electrons. The quantitative estimate of drug-likeness (QED) is 0.751. The van der Waals surface area contributed by atoms with Gasteiger partial charge in [-0.2, -0.15) is 0 Å². The van der Waals surface area contributed by atoms with Gasteiger partial charge in [0.15, 0.2) is 0 Å². The zero-order chi connectivity index (χ0) is 12.8. The van der Waals surface area contributed by atoms with Gasteiger partial charge in [0, 0.05) is 31.9 Å². The van der Waals surface area contributed by atoms with Crippen LogP contribution < -0.4 is 10.6 Å². The average molecular weight is 248 g/mol. The van der Waals surface area contributed by atoms with E-state index in [0.29, 0.717) is 13.2 Å². The first kappa shape index (κ1) is 12.9. The van der Waals surface area contributed by atoms with Gasteiger partial charge in [0.05, 0.1) is 0 Å². The molecular formula is C14H20N2O2. The molecule has 0 aromatic heterocycles. The second-order valence-corrected chi connectivity index (χ2v) is 4.40. The summed E-state index contributed by atoms with van der Waals surface area (Å²) in [5.41, 5.74) is 2.29. The molecule has 0 spiro atoms. The van der Waals surface area contributed by atoms with Gasteiger partial charge in [0.2, 0.25) is 5.91 Å². The first-order valence-corrected chi connectivity index (χ1v) is 6.51. The monoisotopic (exact) mass is 248 g/mol. The van der Waals surface area contributed by atoms with Gasteiger partial charge in [0.25, 0.3) is 0 Å². The third-order valence-electron chi connectivity index (χ3n) is 3.06. The summed E-state index contributed by atoms with van der Waals surface area (Å²) in [6.07, 6.45) is 1.63. The third-order valence-corrected chi connectivity index (χ3v) is 3.06. The fraction of sp³-hybridized carbons (Fsp3) is 0.500. The molecule has 2 N–H and O–H groups in total. The first-order valence-electron chi connectivity index (χ1n) is 6.51. The number of anilines is 1. The first-order chi connectivity index (χ1) is 8.81. The molecule has 18 heavy (non-hydrogen) atoms. The summed E-state index contributed by atoms with van der Waals surface area (Å²) in [6, 6.07) is 7.92. The van der Waals surface area contributed by atoms with Crippen LogP contribution in [0.25, 0.3) is 0 Å². The Bertz CT molecular complexity index is 382. The summed E-state index contributed by atoms with van der Waals surface area (Å²) in [7, 11) is 0. The Balaban J connectivity index is 1.72. The number of para-hydroxylation sites is 1. The summed E-state index contributed by atoms with van der Waals surface area (Å²) in [5, 5.41) is 6.18. The average Bonchev–Trinajstić information content (AvgIpc) is 2.82. The minimum Gasteiger partial charge on any atom is -0.382 e. The summed E-state index contributed by atoms with van der Waals surface area (Å²) in [6.45, 7) is 4.08. The van der Waals surface area contributed by atoms with E-state index >= 15 is 0 Å². The molecule has 1 aliphatic rings. The summed E-state index contributed by atoms with van der Waals surface area (Å²) < 4.78 is 5.22. The van der Waals surface area contributed by atoms with Crippen LogP contribution in [0.2, 0.25) is 0 Å². The Morgan fingerprint density at radius 3 is 3.11 bits per heavy atom. The van der Waals surface area contributed by atoms with Crippen LogP contribution >= 0.6 is 0 Å². The molecule has 0 aliphatic carbocycles. The Morgan fingerprint density at radius 1 is 1.50 bits per heavy atom. The summed E-state index contributed by atoms with van der Waals surface area (Å²) in [4.78, 5) is 11.9. The molecule has 1 aromatic carbocycles. The number of nitrogens with one attached hydrogen (secondary N) is 2. The van der Waals surface area contributed by atoms with Crippen molar-refractivity contribution in [2.45, 2.75) is 25.8 Å². The Kier molecular flexibility index (Phi) is 4.59. The van der Waals surface area contributed by atoms with E-state index in [2.05, 4.69) is 16.7 Å². The van der Waals surface area contributed by atoms with Crippen LogP contribution in [-0.4, -0.2) is 31.7 Å². The molecule has 1 aliphatic heterocycles. The minimum atomic E-state index is -0.130. The Hall–Kier alpha value is -1.55. The SMILES string of the molecule is CCOCCCNC(=O)[C@@H]1Cc2ccccc2N1. The van der Waals surface area contributed by atoms with Crippen molar-refractivity contribution in [1.82, 2.24) is 5.32 Å². The molecule has 1 amide bonds. The lowest BCUT2D eigenvalue weighted by Crippen LogP contribution is -2.39. The second kappa shape index (κ2) is 6.40. The molecule has 0 saturated heterocycles. The lowest BCUT2D eigenvalue weighted by Gasteiger charge is -2.11. The molecule has 0 bridgehead atoms. The number of ether oxygens (including phenoxy) is 1. The standard InChI is InChI=1S/C14H20N2O2/c1-2-18-9-5-8-15-14(17)13-10-11-6-3-4-7-12(11)16-13/h3-4,6-7,13,16H,2,5,8-10H2,1H3,(H,15,17)/t13-/m0/s1. The zero-order valence-electron chi connectivity index (χ0n) is 10.7. The predicted octanol–water partition coefficient (Wildman–Crippen LogP) is 1.57. The van der Waals surface area contributed by atoms with Gasteiger partial charge in [-0.3, -0.25) is 4.79 Å². The fourth-order valence-corrected chi connectivity index (χ4v) is 2.11. The molecule has 0 fully saturated rings.